The second-order valence-corrected chi connectivity index (χ2v) is 12.9. The molecule has 0 unspecified atom stereocenters. The van der Waals surface area contributed by atoms with Crippen molar-refractivity contribution in [3.63, 3.8) is 0 Å². The number of halogens is 2. The van der Waals surface area contributed by atoms with Gasteiger partial charge in [0.25, 0.3) is 5.89 Å². The molecule has 0 spiro atoms. The lowest BCUT2D eigenvalue weighted by molar-refractivity contribution is -0.119. The van der Waals surface area contributed by atoms with Gasteiger partial charge in [0.1, 0.15) is 11.6 Å². The zero-order chi connectivity index (χ0) is 27.2. The van der Waals surface area contributed by atoms with Gasteiger partial charge in [-0.15, -0.1) is 22.6 Å². The molecule has 1 aliphatic carbocycles. The number of sulfone groups is 1. The summed E-state index contributed by atoms with van der Waals surface area (Å²) in [7, 11) is -4.06. The summed E-state index contributed by atoms with van der Waals surface area (Å²) in [6.07, 6.45) is 4.59. The van der Waals surface area contributed by atoms with Crippen molar-refractivity contribution in [3.05, 3.63) is 53.7 Å². The van der Waals surface area contributed by atoms with Gasteiger partial charge in [-0.1, -0.05) is 32.9 Å². The molecular formula is C27H32ClFN4O5S. The molecule has 1 saturated carbocycles. The molecule has 1 aromatic heterocycles. The lowest BCUT2D eigenvalue weighted by Crippen LogP contribution is -2.45. The van der Waals surface area contributed by atoms with E-state index in [2.05, 4.69) is 10.2 Å². The number of ether oxygens (including phenoxy) is 1. The molecule has 1 aliphatic heterocycles. The molecule has 1 atom stereocenters. The monoisotopic (exact) mass is 578 g/mol. The molecule has 0 saturated heterocycles. The van der Waals surface area contributed by atoms with E-state index in [1.54, 1.807) is 0 Å². The van der Waals surface area contributed by atoms with E-state index in [4.69, 9.17) is 14.9 Å². The van der Waals surface area contributed by atoms with E-state index in [1.807, 2.05) is 45.0 Å². The van der Waals surface area contributed by atoms with Crippen LogP contribution in [0.2, 0.25) is 0 Å². The molecular weight excluding hydrogens is 547 g/mol. The van der Waals surface area contributed by atoms with Crippen LogP contribution in [0.3, 0.4) is 0 Å². The van der Waals surface area contributed by atoms with Crippen LogP contribution in [0.25, 0.3) is 11.5 Å². The first-order chi connectivity index (χ1) is 17.9. The number of aromatic nitrogens is 2. The zero-order valence-electron chi connectivity index (χ0n) is 22.0. The topological polar surface area (TPSA) is 129 Å². The number of carbonyl (C=O) groups excluding carboxylic acids is 1. The maximum atomic E-state index is 15.3. The number of hydrogen-bond acceptors (Lipinski definition) is 8. The molecule has 1 amide bonds. The van der Waals surface area contributed by atoms with Crippen LogP contribution in [0.1, 0.15) is 57.9 Å². The van der Waals surface area contributed by atoms with Gasteiger partial charge in [0.2, 0.25) is 11.8 Å². The Morgan fingerprint density at radius 1 is 1.13 bits per heavy atom. The van der Waals surface area contributed by atoms with Gasteiger partial charge in [-0.2, -0.15) is 0 Å². The molecule has 210 valence electrons. The summed E-state index contributed by atoms with van der Waals surface area (Å²) in [4.78, 5) is 14.3. The second-order valence-electron chi connectivity index (χ2n) is 10.9. The number of nitrogens with two attached hydrogens (primary N) is 1. The number of nitrogens with zero attached hydrogens (tertiary/aromatic N) is 3. The van der Waals surface area contributed by atoms with E-state index < -0.39 is 38.8 Å². The van der Waals surface area contributed by atoms with Crippen molar-refractivity contribution in [3.8, 4) is 17.2 Å². The summed E-state index contributed by atoms with van der Waals surface area (Å²) in [6.45, 7) is 5.64. The van der Waals surface area contributed by atoms with Crippen LogP contribution in [-0.4, -0.2) is 42.4 Å². The zero-order valence-corrected chi connectivity index (χ0v) is 23.6. The number of benzene rings is 2. The molecule has 0 radical (unpaired) electrons. The Morgan fingerprint density at radius 2 is 1.79 bits per heavy atom. The molecule has 12 heteroatoms. The molecule has 2 heterocycles. The minimum atomic E-state index is -4.06. The number of amides is 1. The lowest BCUT2D eigenvalue weighted by atomic mass is 9.97. The molecule has 5 rings (SSSR count). The second kappa shape index (κ2) is 10.9. The van der Waals surface area contributed by atoms with Crippen LogP contribution in [-0.2, 0) is 26.6 Å². The Hall–Kier alpha value is -3.02. The van der Waals surface area contributed by atoms with Gasteiger partial charge in [-0.25, -0.2) is 12.8 Å². The van der Waals surface area contributed by atoms with Crippen LogP contribution in [0, 0.1) is 5.82 Å². The van der Waals surface area contributed by atoms with Gasteiger partial charge < -0.3 is 19.8 Å². The lowest BCUT2D eigenvalue weighted by Gasteiger charge is -2.25. The van der Waals surface area contributed by atoms with Gasteiger partial charge in [-0.3, -0.25) is 4.79 Å². The number of fused-ring (bicyclic) bond motifs is 1. The fourth-order valence-electron chi connectivity index (χ4n) is 4.74. The Kier molecular flexibility index (Phi) is 8.07. The summed E-state index contributed by atoms with van der Waals surface area (Å²) in [6, 6.07) is 8.17. The molecule has 2 N–H and O–H groups in total. The minimum absolute atomic E-state index is 0. The molecule has 0 bridgehead atoms. The molecule has 39 heavy (non-hydrogen) atoms. The Labute approximate surface area is 233 Å². The summed E-state index contributed by atoms with van der Waals surface area (Å²) >= 11 is 0. The first-order valence-electron chi connectivity index (χ1n) is 12.7. The van der Waals surface area contributed by atoms with E-state index in [0.29, 0.717) is 5.89 Å². The average Bonchev–Trinajstić information content (AvgIpc) is 3.54. The SMILES string of the molecule is CC(C)(C)c1nnc(-c2cc3c(cc2F)S(=O)(=O)C[C@H](N)C(=O)N3Cc2ccc(OC3CCCC3)cc2)o1.Cl. The summed E-state index contributed by atoms with van der Waals surface area (Å²) < 4.78 is 53.2. The largest absolute Gasteiger partial charge is 0.490 e. The molecule has 2 aliphatic rings. The third-order valence-corrected chi connectivity index (χ3v) is 8.62. The van der Waals surface area contributed by atoms with Crippen LogP contribution in [0.15, 0.2) is 45.7 Å². The van der Waals surface area contributed by atoms with Crippen molar-refractivity contribution in [1.29, 1.82) is 0 Å². The van der Waals surface area contributed by atoms with Gasteiger partial charge in [0.05, 0.1) is 40.6 Å². The number of anilines is 1. The Balaban J connectivity index is 0.00000353. The minimum Gasteiger partial charge on any atom is -0.490 e. The van der Waals surface area contributed by atoms with Gasteiger partial charge in [-0.05, 0) is 55.5 Å². The predicted molar refractivity (Wildman–Crippen MR) is 146 cm³/mol. The number of rotatable bonds is 5. The van der Waals surface area contributed by atoms with Crippen molar-refractivity contribution in [2.45, 2.75) is 75.5 Å². The van der Waals surface area contributed by atoms with E-state index in [0.717, 1.165) is 43.1 Å². The maximum Gasteiger partial charge on any atom is 0.250 e. The van der Waals surface area contributed by atoms with E-state index in [1.165, 1.54) is 11.0 Å². The van der Waals surface area contributed by atoms with Crippen LogP contribution in [0.5, 0.6) is 5.75 Å². The van der Waals surface area contributed by atoms with Crippen molar-refractivity contribution in [1.82, 2.24) is 10.2 Å². The van der Waals surface area contributed by atoms with Crippen LogP contribution >= 0.6 is 12.4 Å². The van der Waals surface area contributed by atoms with E-state index in [9.17, 15) is 13.2 Å². The summed E-state index contributed by atoms with van der Waals surface area (Å²) in [5.41, 5.74) is 6.18. The fourth-order valence-corrected chi connectivity index (χ4v) is 6.30. The van der Waals surface area contributed by atoms with E-state index in [-0.39, 0.29) is 47.1 Å². The average molecular weight is 579 g/mol. The van der Waals surface area contributed by atoms with Crippen molar-refractivity contribution in [2.24, 2.45) is 5.73 Å². The fraction of sp³-hybridized carbons (Fsp3) is 0.444. The quantitative estimate of drug-likeness (QED) is 0.466. The third-order valence-electron chi connectivity index (χ3n) is 6.82. The van der Waals surface area contributed by atoms with Crippen molar-refractivity contribution in [2.75, 3.05) is 10.7 Å². The number of hydrogen-bond donors (Lipinski definition) is 1. The maximum absolute atomic E-state index is 15.3. The highest BCUT2D eigenvalue weighted by Crippen LogP contribution is 2.37. The highest BCUT2D eigenvalue weighted by atomic mass is 35.5. The predicted octanol–water partition coefficient (Wildman–Crippen LogP) is 4.56. The van der Waals surface area contributed by atoms with E-state index >= 15 is 4.39 Å². The summed E-state index contributed by atoms with van der Waals surface area (Å²) in [5, 5.41) is 7.98. The third kappa shape index (κ3) is 5.95. The standard InChI is InChI=1S/C27H31FN4O5S.ClH/c1-27(2,3)26-31-30-24(37-26)19-12-22-23(13-20(19)28)38(34,35)15-21(29)25(33)32(22)14-16-8-10-18(11-9-16)36-17-6-4-5-7-17;/h8-13,17,21H,4-7,14-15,29H2,1-3H3;1H/t21-;/m0./s1. The number of carbonyl (C=O) groups is 1. The Morgan fingerprint density at radius 3 is 2.41 bits per heavy atom. The molecule has 9 nitrogen and oxygen atoms in total. The van der Waals surface area contributed by atoms with Crippen molar-refractivity contribution >= 4 is 33.8 Å². The smallest absolute Gasteiger partial charge is 0.250 e. The first kappa shape index (κ1) is 29.0. The van der Waals surface area contributed by atoms with Crippen LogP contribution < -0.4 is 15.4 Å². The highest BCUT2D eigenvalue weighted by Gasteiger charge is 2.37. The van der Waals surface area contributed by atoms with Crippen molar-refractivity contribution < 1.29 is 26.8 Å². The van der Waals surface area contributed by atoms with Gasteiger partial charge >= 0.3 is 0 Å². The molecule has 2 aromatic carbocycles. The van der Waals surface area contributed by atoms with Crippen LogP contribution in [0.4, 0.5) is 10.1 Å². The molecule has 1 fully saturated rings. The normalized spacial score (nSPS) is 19.4. The molecule has 3 aromatic rings. The van der Waals surface area contributed by atoms with Gasteiger partial charge in [0.15, 0.2) is 9.84 Å². The first-order valence-corrected chi connectivity index (χ1v) is 14.3. The summed E-state index contributed by atoms with van der Waals surface area (Å²) in [5.74, 6) is -1.15. The van der Waals surface area contributed by atoms with Gasteiger partial charge in [0, 0.05) is 5.41 Å². The highest BCUT2D eigenvalue weighted by molar-refractivity contribution is 7.91. The Bertz CT molecular complexity index is 1460.